The van der Waals surface area contributed by atoms with E-state index in [0.717, 1.165) is 32.1 Å². The first-order valence-electron chi connectivity index (χ1n) is 8.56. The van der Waals surface area contributed by atoms with Crippen LogP contribution < -0.4 is 15.4 Å². The third-order valence-electron chi connectivity index (χ3n) is 5.43. The Morgan fingerprint density at radius 1 is 1.52 bits per heavy atom. The van der Waals surface area contributed by atoms with Crippen LogP contribution >= 0.6 is 0 Å². The van der Waals surface area contributed by atoms with Gasteiger partial charge in [-0.1, -0.05) is 6.42 Å². The summed E-state index contributed by atoms with van der Waals surface area (Å²) in [5.74, 6) is 0.306. The van der Waals surface area contributed by atoms with Gasteiger partial charge in [-0.3, -0.25) is 0 Å². The Bertz CT molecular complexity index is 617. The summed E-state index contributed by atoms with van der Waals surface area (Å²) < 4.78 is 28.6. The lowest BCUT2D eigenvalue weighted by Gasteiger charge is -2.26. The zero-order valence-corrected chi connectivity index (χ0v) is 13.9. The maximum Gasteiger partial charge on any atom is 0.388 e. The molecule has 0 unspecified atom stereocenters. The largest absolute Gasteiger partial charge is 0.417 e. The average molecular weight is 355 g/mol. The van der Waals surface area contributed by atoms with Crippen molar-refractivity contribution in [3.63, 3.8) is 0 Å². The average Bonchev–Trinajstić information content (AvgIpc) is 3.09. The smallest absolute Gasteiger partial charge is 0.388 e. The summed E-state index contributed by atoms with van der Waals surface area (Å²) in [5, 5.41) is 15.4. The molecule has 2 aliphatic rings. The van der Waals surface area contributed by atoms with Crippen molar-refractivity contribution in [1.82, 2.24) is 15.6 Å². The molecule has 2 fully saturated rings. The summed E-state index contributed by atoms with van der Waals surface area (Å²) in [7, 11) is 0. The van der Waals surface area contributed by atoms with Gasteiger partial charge in [0.2, 0.25) is 5.88 Å². The van der Waals surface area contributed by atoms with Crippen LogP contribution in [0.2, 0.25) is 0 Å². The molecule has 0 aromatic carbocycles. The van der Waals surface area contributed by atoms with Crippen LogP contribution in [-0.4, -0.2) is 35.4 Å². The number of carbonyl (C=O) groups excluding carboxylic acids is 1. The van der Waals surface area contributed by atoms with E-state index >= 15 is 0 Å². The van der Waals surface area contributed by atoms with E-state index in [1.165, 1.54) is 12.3 Å². The standard InChI is InChI=1S/C17H23F2N3O3/c18-15(19)25-14-6-11(3-5-20-14)9-21-16(24)22-13-7-12-2-1-4-17(12,8-13)10-23/h3,5-6,12-13,15,23H,1-2,4,7-10H2,(H2,21,22,24)/t12-,13+,17+/m0/s1. The van der Waals surface area contributed by atoms with Crippen LogP contribution in [0.3, 0.4) is 0 Å². The minimum Gasteiger partial charge on any atom is -0.417 e. The fourth-order valence-corrected chi connectivity index (χ4v) is 4.28. The van der Waals surface area contributed by atoms with Crippen molar-refractivity contribution >= 4 is 6.03 Å². The summed E-state index contributed by atoms with van der Waals surface area (Å²) in [6.07, 6.45) is 6.35. The second kappa shape index (κ2) is 7.51. The lowest BCUT2D eigenvalue weighted by Crippen LogP contribution is -2.41. The van der Waals surface area contributed by atoms with Gasteiger partial charge in [0.05, 0.1) is 0 Å². The normalized spacial score (nSPS) is 28.0. The molecule has 3 atom stereocenters. The molecule has 8 heteroatoms. The van der Waals surface area contributed by atoms with Gasteiger partial charge in [0.25, 0.3) is 0 Å². The summed E-state index contributed by atoms with van der Waals surface area (Å²) in [6.45, 7) is -2.56. The number of nitrogens with zero attached hydrogens (tertiary/aromatic N) is 1. The fraction of sp³-hybridized carbons (Fsp3) is 0.647. The molecular weight excluding hydrogens is 332 g/mol. The summed E-state index contributed by atoms with van der Waals surface area (Å²) in [6, 6.07) is 2.76. The molecular formula is C17H23F2N3O3. The van der Waals surface area contributed by atoms with E-state index in [2.05, 4.69) is 20.4 Å². The molecule has 3 N–H and O–H groups in total. The highest BCUT2D eigenvalue weighted by Gasteiger charge is 2.49. The highest BCUT2D eigenvalue weighted by Crippen LogP contribution is 2.53. The molecule has 1 aromatic rings. The Balaban J connectivity index is 1.47. The monoisotopic (exact) mass is 355 g/mol. The van der Waals surface area contributed by atoms with Gasteiger partial charge in [-0.15, -0.1) is 0 Å². The molecule has 1 heterocycles. The highest BCUT2D eigenvalue weighted by molar-refractivity contribution is 5.74. The maximum absolute atomic E-state index is 12.2. The molecule has 2 aliphatic carbocycles. The molecule has 0 radical (unpaired) electrons. The molecule has 138 valence electrons. The quantitative estimate of drug-likeness (QED) is 0.732. The summed E-state index contributed by atoms with van der Waals surface area (Å²) in [5.41, 5.74) is 0.598. The van der Waals surface area contributed by atoms with E-state index < -0.39 is 6.61 Å². The number of alkyl halides is 2. The number of pyridine rings is 1. The molecule has 0 aliphatic heterocycles. The summed E-state index contributed by atoms with van der Waals surface area (Å²) in [4.78, 5) is 15.8. The van der Waals surface area contributed by atoms with Crippen molar-refractivity contribution in [2.45, 2.75) is 51.3 Å². The Kier molecular flexibility index (Phi) is 5.36. The first kappa shape index (κ1) is 17.8. The number of carbonyl (C=O) groups is 1. The Hall–Kier alpha value is -1.96. The Morgan fingerprint density at radius 2 is 2.36 bits per heavy atom. The van der Waals surface area contributed by atoms with Gasteiger partial charge in [0.1, 0.15) is 0 Å². The topological polar surface area (TPSA) is 83.5 Å². The van der Waals surface area contributed by atoms with Crippen molar-refractivity contribution in [1.29, 1.82) is 0 Å². The van der Waals surface area contributed by atoms with Crippen molar-refractivity contribution in [2.75, 3.05) is 6.61 Å². The third-order valence-corrected chi connectivity index (χ3v) is 5.43. The van der Waals surface area contributed by atoms with Gasteiger partial charge >= 0.3 is 12.6 Å². The second-order valence-corrected chi connectivity index (χ2v) is 6.95. The van der Waals surface area contributed by atoms with Gasteiger partial charge in [0, 0.05) is 31.5 Å². The molecule has 0 spiro atoms. The first-order chi connectivity index (χ1) is 12.0. The lowest BCUT2D eigenvalue weighted by atomic mass is 9.81. The predicted molar refractivity (Wildman–Crippen MR) is 86.1 cm³/mol. The van der Waals surface area contributed by atoms with E-state index in [1.54, 1.807) is 6.07 Å². The van der Waals surface area contributed by atoms with Crippen LogP contribution in [0.5, 0.6) is 5.88 Å². The van der Waals surface area contributed by atoms with Crippen LogP contribution in [0.1, 0.15) is 37.7 Å². The predicted octanol–water partition coefficient (Wildman–Crippen LogP) is 2.42. The van der Waals surface area contributed by atoms with E-state index in [9.17, 15) is 18.7 Å². The number of nitrogens with one attached hydrogen (secondary N) is 2. The van der Waals surface area contributed by atoms with Gasteiger partial charge in [-0.25, -0.2) is 9.78 Å². The number of hydrogen-bond acceptors (Lipinski definition) is 4. The molecule has 1 aromatic heterocycles. The van der Waals surface area contributed by atoms with Gasteiger partial charge in [-0.05, 0) is 48.6 Å². The number of halogens is 2. The number of fused-ring (bicyclic) bond motifs is 1. The van der Waals surface area contributed by atoms with E-state index in [0.29, 0.717) is 11.5 Å². The number of rotatable bonds is 6. The maximum atomic E-state index is 12.2. The molecule has 25 heavy (non-hydrogen) atoms. The Labute approximate surface area is 145 Å². The number of amides is 2. The van der Waals surface area contributed by atoms with Gasteiger partial charge in [0.15, 0.2) is 0 Å². The van der Waals surface area contributed by atoms with Crippen LogP contribution in [0.25, 0.3) is 0 Å². The van der Waals surface area contributed by atoms with Crippen molar-refractivity contribution in [2.24, 2.45) is 11.3 Å². The van der Waals surface area contributed by atoms with Crippen molar-refractivity contribution in [3.05, 3.63) is 23.9 Å². The summed E-state index contributed by atoms with van der Waals surface area (Å²) >= 11 is 0. The van der Waals surface area contributed by atoms with Crippen LogP contribution in [0.15, 0.2) is 18.3 Å². The lowest BCUT2D eigenvalue weighted by molar-refractivity contribution is -0.0529. The minimum atomic E-state index is -2.93. The van der Waals surface area contributed by atoms with E-state index in [4.69, 9.17) is 0 Å². The van der Waals surface area contributed by atoms with Crippen LogP contribution in [-0.2, 0) is 6.54 Å². The van der Waals surface area contributed by atoms with Gasteiger partial charge < -0.3 is 20.5 Å². The molecule has 0 saturated heterocycles. The zero-order chi connectivity index (χ0) is 17.9. The number of aliphatic hydroxyl groups is 1. The van der Waals surface area contributed by atoms with Crippen LogP contribution in [0, 0.1) is 11.3 Å². The first-order valence-corrected chi connectivity index (χ1v) is 8.56. The molecule has 3 rings (SSSR count). The molecule has 2 saturated carbocycles. The van der Waals surface area contributed by atoms with Crippen molar-refractivity contribution < 1.29 is 23.4 Å². The second-order valence-electron chi connectivity index (χ2n) is 6.95. The zero-order valence-electron chi connectivity index (χ0n) is 13.9. The van der Waals surface area contributed by atoms with E-state index in [-0.39, 0.29) is 36.5 Å². The fourth-order valence-electron chi connectivity index (χ4n) is 4.28. The third kappa shape index (κ3) is 4.18. The van der Waals surface area contributed by atoms with Gasteiger partial charge in [-0.2, -0.15) is 8.78 Å². The highest BCUT2D eigenvalue weighted by atomic mass is 19.3. The molecule has 6 nitrogen and oxygen atoms in total. The minimum absolute atomic E-state index is 0.0233. The van der Waals surface area contributed by atoms with Crippen molar-refractivity contribution in [3.8, 4) is 5.88 Å². The number of ether oxygens (including phenoxy) is 1. The molecule has 2 amide bonds. The number of hydrogen-bond donors (Lipinski definition) is 3. The number of urea groups is 1. The van der Waals surface area contributed by atoms with E-state index in [1.807, 2.05) is 0 Å². The van der Waals surface area contributed by atoms with Crippen LogP contribution in [0.4, 0.5) is 13.6 Å². The SMILES string of the molecule is O=C(NCc1ccnc(OC(F)F)c1)N[C@@H]1C[C@@H]2CCC[C@]2(CO)C1. The Morgan fingerprint density at radius 3 is 3.08 bits per heavy atom. The number of aromatic nitrogens is 1. The number of aliphatic hydroxyl groups excluding tert-OH is 1. The molecule has 0 bridgehead atoms.